The highest BCUT2D eigenvalue weighted by atomic mass is 19.1. The Balaban J connectivity index is 1.25. The lowest BCUT2D eigenvalue weighted by molar-refractivity contribution is -0.136. The van der Waals surface area contributed by atoms with E-state index in [4.69, 9.17) is 0 Å². The van der Waals surface area contributed by atoms with Gasteiger partial charge in [-0.15, -0.1) is 0 Å². The van der Waals surface area contributed by atoms with Crippen LogP contribution in [0.2, 0.25) is 0 Å². The summed E-state index contributed by atoms with van der Waals surface area (Å²) in [6.45, 7) is 4.73. The summed E-state index contributed by atoms with van der Waals surface area (Å²) < 4.78 is 15.3. The number of imide groups is 2. The van der Waals surface area contributed by atoms with Gasteiger partial charge in [-0.05, 0) is 37.3 Å². The number of nitrogens with zero attached hydrogens (tertiary/aromatic N) is 3. The van der Waals surface area contributed by atoms with Crippen molar-refractivity contribution >= 4 is 29.3 Å². The molecule has 174 valence electrons. The molecule has 0 aliphatic carbocycles. The van der Waals surface area contributed by atoms with Crippen molar-refractivity contribution in [2.75, 3.05) is 37.6 Å². The van der Waals surface area contributed by atoms with Crippen LogP contribution in [0.25, 0.3) is 0 Å². The van der Waals surface area contributed by atoms with Crippen LogP contribution >= 0.6 is 0 Å². The number of piperidine rings is 3. The Morgan fingerprint density at radius 1 is 0.939 bits per heavy atom. The zero-order chi connectivity index (χ0) is 22.9. The molecule has 6 aliphatic heterocycles. The standard InChI is InChI=1S/C23H26FN5O4/c24-17-5-15-16(23(33)29(22(15)32)18-3-4-20(30)26-21(18)31)6-19(17)28-11-13-1-2-14(28)10-27(13)9-12-7-25-8-12/h5-6,12-14,18,25H,1-4,7-11H2,(H,26,30,31). The Morgan fingerprint density at radius 3 is 2.30 bits per heavy atom. The topological polar surface area (TPSA) is 102 Å². The van der Waals surface area contributed by atoms with E-state index in [0.29, 0.717) is 24.2 Å². The molecule has 7 rings (SSSR count). The minimum absolute atomic E-state index is 0.0211. The molecular formula is C23H26FN5O4. The molecule has 2 bridgehead atoms. The van der Waals surface area contributed by atoms with Gasteiger partial charge in [0.25, 0.3) is 11.8 Å². The minimum Gasteiger partial charge on any atom is -0.363 e. The van der Waals surface area contributed by atoms with Gasteiger partial charge in [0.2, 0.25) is 11.8 Å². The van der Waals surface area contributed by atoms with E-state index in [9.17, 15) is 19.2 Å². The Morgan fingerprint density at radius 2 is 1.67 bits per heavy atom. The average Bonchev–Trinajstić information content (AvgIpc) is 3.00. The fourth-order valence-corrected chi connectivity index (χ4v) is 5.94. The second kappa shape index (κ2) is 7.59. The van der Waals surface area contributed by atoms with Gasteiger partial charge in [0.15, 0.2) is 0 Å². The number of piperazine rings is 1. The first-order chi connectivity index (χ1) is 15.9. The van der Waals surface area contributed by atoms with Crippen molar-refractivity contribution < 1.29 is 23.6 Å². The highest BCUT2D eigenvalue weighted by molar-refractivity contribution is 6.23. The first-order valence-electron chi connectivity index (χ1n) is 11.7. The van der Waals surface area contributed by atoms with Gasteiger partial charge in [-0.3, -0.25) is 34.3 Å². The fourth-order valence-electron chi connectivity index (χ4n) is 5.94. The van der Waals surface area contributed by atoms with Crippen molar-refractivity contribution in [3.63, 3.8) is 0 Å². The average molecular weight is 455 g/mol. The molecule has 5 saturated heterocycles. The molecular weight excluding hydrogens is 429 g/mol. The van der Waals surface area contributed by atoms with Crippen molar-refractivity contribution in [3.05, 3.63) is 29.1 Å². The van der Waals surface area contributed by atoms with Crippen molar-refractivity contribution in [1.82, 2.24) is 20.4 Å². The lowest BCUT2D eigenvalue weighted by Crippen LogP contribution is -2.65. The second-order valence-corrected chi connectivity index (χ2v) is 9.81. The van der Waals surface area contributed by atoms with Crippen LogP contribution in [0.4, 0.5) is 10.1 Å². The largest absolute Gasteiger partial charge is 0.363 e. The molecule has 9 nitrogen and oxygen atoms in total. The molecule has 3 unspecified atom stereocenters. The Hall–Kier alpha value is -2.85. The Labute approximate surface area is 190 Å². The molecule has 10 heteroatoms. The number of fused-ring (bicyclic) bond motifs is 4. The summed E-state index contributed by atoms with van der Waals surface area (Å²) in [7, 11) is 0. The zero-order valence-corrected chi connectivity index (χ0v) is 18.2. The number of hydrogen-bond donors (Lipinski definition) is 2. The summed E-state index contributed by atoms with van der Waals surface area (Å²) in [4.78, 5) is 55.2. The number of hydrogen-bond acceptors (Lipinski definition) is 7. The van der Waals surface area contributed by atoms with Gasteiger partial charge in [0.1, 0.15) is 11.9 Å². The van der Waals surface area contributed by atoms with Crippen molar-refractivity contribution in [1.29, 1.82) is 0 Å². The summed E-state index contributed by atoms with van der Waals surface area (Å²) >= 11 is 0. The molecule has 0 spiro atoms. The third-order valence-electron chi connectivity index (χ3n) is 7.82. The van der Waals surface area contributed by atoms with E-state index in [1.54, 1.807) is 0 Å². The second-order valence-electron chi connectivity index (χ2n) is 9.81. The maximum absolute atomic E-state index is 15.3. The summed E-state index contributed by atoms with van der Waals surface area (Å²) in [6.07, 6.45) is 2.17. The molecule has 4 amide bonds. The SMILES string of the molecule is O=C1CCC(N2C(=O)c3cc(F)c(N4CC5CCC4CN5CC4CNC4)cc3C2=O)C(=O)N1. The molecule has 2 N–H and O–H groups in total. The van der Waals surface area contributed by atoms with E-state index in [2.05, 4.69) is 15.5 Å². The summed E-state index contributed by atoms with van der Waals surface area (Å²) in [6, 6.07) is 2.07. The van der Waals surface area contributed by atoms with Gasteiger partial charge in [-0.1, -0.05) is 0 Å². The number of rotatable bonds is 4. The highest BCUT2D eigenvalue weighted by Gasteiger charge is 2.46. The maximum Gasteiger partial charge on any atom is 0.262 e. The lowest BCUT2D eigenvalue weighted by atomic mass is 9.88. The number of carbonyl (C=O) groups is 4. The van der Waals surface area contributed by atoms with Crippen molar-refractivity contribution in [2.24, 2.45) is 5.92 Å². The quantitative estimate of drug-likeness (QED) is 0.621. The van der Waals surface area contributed by atoms with Gasteiger partial charge >= 0.3 is 0 Å². The molecule has 6 heterocycles. The molecule has 1 aromatic carbocycles. The normalized spacial score (nSPS) is 30.0. The number of amides is 4. The van der Waals surface area contributed by atoms with Gasteiger partial charge in [-0.2, -0.15) is 0 Å². The minimum atomic E-state index is -1.05. The predicted octanol–water partition coefficient (Wildman–Crippen LogP) is 0.0993. The third-order valence-corrected chi connectivity index (χ3v) is 7.82. The van der Waals surface area contributed by atoms with Crippen LogP contribution in [0.1, 0.15) is 46.4 Å². The molecule has 33 heavy (non-hydrogen) atoms. The number of nitrogens with one attached hydrogen (secondary N) is 2. The van der Waals surface area contributed by atoms with Crippen LogP contribution < -0.4 is 15.5 Å². The van der Waals surface area contributed by atoms with Gasteiger partial charge < -0.3 is 10.2 Å². The first-order valence-corrected chi connectivity index (χ1v) is 11.7. The number of benzene rings is 1. The molecule has 0 aromatic heterocycles. The Kier molecular flexibility index (Phi) is 4.77. The van der Waals surface area contributed by atoms with Crippen LogP contribution in [-0.4, -0.2) is 84.3 Å². The monoisotopic (exact) mass is 455 g/mol. The highest BCUT2D eigenvalue weighted by Crippen LogP contribution is 2.38. The smallest absolute Gasteiger partial charge is 0.262 e. The van der Waals surface area contributed by atoms with Crippen LogP contribution in [0.5, 0.6) is 0 Å². The van der Waals surface area contributed by atoms with E-state index in [0.717, 1.165) is 50.0 Å². The van der Waals surface area contributed by atoms with Crippen LogP contribution in [0.3, 0.4) is 0 Å². The van der Waals surface area contributed by atoms with E-state index < -0.39 is 35.5 Å². The fraction of sp³-hybridized carbons (Fsp3) is 0.565. The number of anilines is 1. The van der Waals surface area contributed by atoms with Crippen molar-refractivity contribution in [2.45, 2.75) is 43.8 Å². The van der Waals surface area contributed by atoms with Crippen LogP contribution in [0.15, 0.2) is 12.1 Å². The predicted molar refractivity (Wildman–Crippen MR) is 115 cm³/mol. The zero-order valence-electron chi connectivity index (χ0n) is 18.2. The molecule has 0 saturated carbocycles. The third kappa shape index (κ3) is 3.26. The van der Waals surface area contributed by atoms with Gasteiger partial charge in [0.05, 0.1) is 16.8 Å². The van der Waals surface area contributed by atoms with Crippen molar-refractivity contribution in [3.8, 4) is 0 Å². The van der Waals surface area contributed by atoms with Crippen LogP contribution in [-0.2, 0) is 9.59 Å². The summed E-state index contributed by atoms with van der Waals surface area (Å²) in [5.74, 6) is -2.23. The molecule has 0 radical (unpaired) electrons. The van der Waals surface area contributed by atoms with E-state index >= 15 is 4.39 Å². The molecule has 6 aliphatic rings. The van der Waals surface area contributed by atoms with Gasteiger partial charge in [0, 0.05) is 51.2 Å². The van der Waals surface area contributed by atoms with Crippen LogP contribution in [0, 0.1) is 11.7 Å². The first kappa shape index (κ1) is 20.7. The molecule has 5 fully saturated rings. The maximum atomic E-state index is 15.3. The molecule has 1 aromatic rings. The lowest BCUT2D eigenvalue weighted by Gasteiger charge is -2.53. The van der Waals surface area contributed by atoms with E-state index in [-0.39, 0.29) is 30.0 Å². The number of halogens is 1. The van der Waals surface area contributed by atoms with Gasteiger partial charge in [-0.25, -0.2) is 4.39 Å². The summed E-state index contributed by atoms with van der Waals surface area (Å²) in [5, 5.41) is 5.49. The summed E-state index contributed by atoms with van der Waals surface area (Å²) in [5.41, 5.74) is 0.451. The Bertz CT molecular complexity index is 1070. The number of carbonyl (C=O) groups excluding carboxylic acids is 4. The molecule has 3 atom stereocenters. The van der Waals surface area contributed by atoms with E-state index in [1.165, 1.54) is 6.07 Å². The van der Waals surface area contributed by atoms with E-state index in [1.807, 2.05) is 4.90 Å².